The Hall–Kier alpha value is -2.50. The van der Waals surface area contributed by atoms with Gasteiger partial charge >= 0.3 is 0 Å². The molecule has 0 unspecified atom stereocenters. The van der Waals surface area contributed by atoms with Crippen LogP contribution in [0, 0.1) is 0 Å². The Balaban J connectivity index is 2.07. The van der Waals surface area contributed by atoms with Crippen molar-refractivity contribution in [2.24, 2.45) is 4.99 Å². The number of aromatic amines is 1. The number of aliphatic imine (C=N–C) groups is 1. The van der Waals surface area contributed by atoms with Crippen molar-refractivity contribution in [3.63, 3.8) is 0 Å². The third-order valence-corrected chi connectivity index (χ3v) is 2.29. The number of hydrogen-bond donors (Lipinski definition) is 2. The summed E-state index contributed by atoms with van der Waals surface area (Å²) in [5, 5.41) is 11.8. The fourth-order valence-electron chi connectivity index (χ4n) is 1.39. The lowest BCUT2D eigenvalue weighted by Crippen LogP contribution is -1.92. The molecule has 2 N–H and O–H groups in total. The first-order chi connectivity index (χ1) is 8.69. The quantitative estimate of drug-likeness (QED) is 0.798. The number of nitrogens with zero attached hydrogens (tertiary/aromatic N) is 1. The molecular formula is C12H12N2O4. The molecule has 94 valence electrons. The maximum Gasteiger partial charge on any atom is 0.280 e. The standard InChI is InChI=1S/C12H12N2O4/c1-17-9-3-2-8(11(15)4-9)6-13-7-10-5-12(16)14-18-10/h2-6,15H,7H2,1H3,(H,14,16). The fraction of sp³-hybridized carbons (Fsp3) is 0.167. The van der Waals surface area contributed by atoms with E-state index in [4.69, 9.17) is 9.26 Å². The molecule has 0 saturated carbocycles. The summed E-state index contributed by atoms with van der Waals surface area (Å²) in [7, 11) is 1.52. The van der Waals surface area contributed by atoms with Gasteiger partial charge in [-0.3, -0.25) is 9.79 Å². The topological polar surface area (TPSA) is 87.8 Å². The molecule has 1 aromatic heterocycles. The fourth-order valence-corrected chi connectivity index (χ4v) is 1.39. The van der Waals surface area contributed by atoms with Gasteiger partial charge in [0.2, 0.25) is 0 Å². The van der Waals surface area contributed by atoms with Gasteiger partial charge in [-0.2, -0.15) is 5.16 Å². The minimum atomic E-state index is -0.299. The third-order valence-electron chi connectivity index (χ3n) is 2.29. The highest BCUT2D eigenvalue weighted by atomic mass is 16.5. The van der Waals surface area contributed by atoms with Crippen molar-refractivity contribution in [3.05, 3.63) is 45.9 Å². The number of benzene rings is 1. The highest BCUT2D eigenvalue weighted by Crippen LogP contribution is 2.21. The zero-order valence-corrected chi connectivity index (χ0v) is 9.71. The van der Waals surface area contributed by atoms with Gasteiger partial charge in [-0.05, 0) is 12.1 Å². The summed E-state index contributed by atoms with van der Waals surface area (Å²) in [6.07, 6.45) is 1.50. The van der Waals surface area contributed by atoms with Gasteiger partial charge < -0.3 is 14.4 Å². The predicted molar refractivity (Wildman–Crippen MR) is 65.3 cm³/mol. The maximum absolute atomic E-state index is 10.8. The molecule has 0 saturated heterocycles. The van der Waals surface area contributed by atoms with E-state index in [2.05, 4.69) is 10.1 Å². The van der Waals surface area contributed by atoms with E-state index in [1.165, 1.54) is 25.5 Å². The predicted octanol–water partition coefficient (Wildman–Crippen LogP) is 1.30. The van der Waals surface area contributed by atoms with Crippen LogP contribution >= 0.6 is 0 Å². The number of phenols is 1. The Morgan fingerprint density at radius 1 is 1.50 bits per heavy atom. The van der Waals surface area contributed by atoms with E-state index >= 15 is 0 Å². The summed E-state index contributed by atoms with van der Waals surface area (Å²) in [5.41, 5.74) is 0.265. The number of phenolic OH excluding ortho intramolecular Hbond substituents is 1. The van der Waals surface area contributed by atoms with Gasteiger partial charge in [-0.25, -0.2) is 0 Å². The number of hydrogen-bond acceptors (Lipinski definition) is 5. The Morgan fingerprint density at radius 2 is 2.33 bits per heavy atom. The molecular weight excluding hydrogens is 236 g/mol. The van der Waals surface area contributed by atoms with Crippen LogP contribution < -0.4 is 10.3 Å². The number of H-pyrrole nitrogens is 1. The van der Waals surface area contributed by atoms with Gasteiger partial charge in [-0.15, -0.1) is 0 Å². The van der Waals surface area contributed by atoms with E-state index in [0.29, 0.717) is 17.1 Å². The Kier molecular flexibility index (Phi) is 3.47. The van der Waals surface area contributed by atoms with E-state index in [0.717, 1.165) is 0 Å². The second-order valence-corrected chi connectivity index (χ2v) is 3.57. The van der Waals surface area contributed by atoms with Gasteiger partial charge in [0.15, 0.2) is 5.76 Å². The first kappa shape index (κ1) is 12.0. The van der Waals surface area contributed by atoms with Gasteiger partial charge in [0.05, 0.1) is 13.7 Å². The third kappa shape index (κ3) is 2.79. The number of aromatic hydroxyl groups is 1. The van der Waals surface area contributed by atoms with E-state index < -0.39 is 0 Å². The normalized spacial score (nSPS) is 10.9. The van der Waals surface area contributed by atoms with Gasteiger partial charge in [0, 0.05) is 23.9 Å². The molecule has 0 fully saturated rings. The average Bonchev–Trinajstić information content (AvgIpc) is 2.77. The molecule has 0 amide bonds. The molecule has 0 aliphatic carbocycles. The largest absolute Gasteiger partial charge is 0.507 e. The molecule has 1 heterocycles. The van der Waals surface area contributed by atoms with Crippen molar-refractivity contribution in [1.29, 1.82) is 0 Å². The van der Waals surface area contributed by atoms with E-state index in [-0.39, 0.29) is 17.9 Å². The molecule has 0 atom stereocenters. The monoisotopic (exact) mass is 248 g/mol. The van der Waals surface area contributed by atoms with Crippen LogP contribution in [0.25, 0.3) is 0 Å². The molecule has 2 aromatic rings. The minimum absolute atomic E-state index is 0.0774. The lowest BCUT2D eigenvalue weighted by Gasteiger charge is -2.02. The first-order valence-corrected chi connectivity index (χ1v) is 5.23. The molecule has 0 aliphatic rings. The summed E-state index contributed by atoms with van der Waals surface area (Å²) in [4.78, 5) is 14.9. The highest BCUT2D eigenvalue weighted by molar-refractivity contribution is 5.83. The van der Waals surface area contributed by atoms with Gasteiger partial charge in [0.25, 0.3) is 5.56 Å². The molecule has 6 heteroatoms. The van der Waals surface area contributed by atoms with E-state index in [1.54, 1.807) is 12.1 Å². The summed E-state index contributed by atoms with van der Waals surface area (Å²) in [5.74, 6) is 1.08. The van der Waals surface area contributed by atoms with Crippen LogP contribution in [0.5, 0.6) is 11.5 Å². The van der Waals surface area contributed by atoms with Crippen LogP contribution in [-0.2, 0) is 6.54 Å². The van der Waals surface area contributed by atoms with Crippen LogP contribution in [0.4, 0.5) is 0 Å². The van der Waals surface area contributed by atoms with Crippen molar-refractivity contribution in [3.8, 4) is 11.5 Å². The van der Waals surface area contributed by atoms with Crippen LogP contribution in [0.15, 0.2) is 38.6 Å². The van der Waals surface area contributed by atoms with Crippen LogP contribution in [0.3, 0.4) is 0 Å². The first-order valence-electron chi connectivity index (χ1n) is 5.23. The lowest BCUT2D eigenvalue weighted by molar-refractivity contribution is 0.380. The Morgan fingerprint density at radius 3 is 2.94 bits per heavy atom. The average molecular weight is 248 g/mol. The molecule has 18 heavy (non-hydrogen) atoms. The summed E-state index contributed by atoms with van der Waals surface area (Å²) in [6.45, 7) is 0.226. The zero-order chi connectivity index (χ0) is 13.0. The Labute approximate surface area is 103 Å². The van der Waals surface area contributed by atoms with E-state index in [9.17, 15) is 9.90 Å². The van der Waals surface area contributed by atoms with Crippen molar-refractivity contribution in [1.82, 2.24) is 5.16 Å². The SMILES string of the molecule is COc1ccc(C=NCc2cc(=O)[nH]o2)c(O)c1. The molecule has 2 rings (SSSR count). The zero-order valence-electron chi connectivity index (χ0n) is 9.71. The van der Waals surface area contributed by atoms with Gasteiger partial charge in [-0.1, -0.05) is 0 Å². The molecule has 1 aromatic carbocycles. The lowest BCUT2D eigenvalue weighted by atomic mass is 10.2. The maximum atomic E-state index is 10.8. The second kappa shape index (κ2) is 5.22. The van der Waals surface area contributed by atoms with Crippen molar-refractivity contribution in [2.75, 3.05) is 7.11 Å². The molecule has 0 aliphatic heterocycles. The van der Waals surface area contributed by atoms with Crippen molar-refractivity contribution in [2.45, 2.75) is 6.54 Å². The second-order valence-electron chi connectivity index (χ2n) is 3.57. The summed E-state index contributed by atoms with van der Waals surface area (Å²) >= 11 is 0. The number of ether oxygens (including phenoxy) is 1. The Bertz CT molecular complexity index is 613. The van der Waals surface area contributed by atoms with Gasteiger partial charge in [0.1, 0.15) is 11.5 Å². The number of methoxy groups -OCH3 is 1. The molecule has 0 bridgehead atoms. The smallest absolute Gasteiger partial charge is 0.280 e. The number of rotatable bonds is 4. The molecule has 0 radical (unpaired) electrons. The van der Waals surface area contributed by atoms with Crippen LogP contribution in [0.2, 0.25) is 0 Å². The number of nitrogens with one attached hydrogen (secondary N) is 1. The van der Waals surface area contributed by atoms with Crippen molar-refractivity contribution < 1.29 is 14.4 Å². The van der Waals surface area contributed by atoms with E-state index in [1.807, 2.05) is 0 Å². The minimum Gasteiger partial charge on any atom is -0.507 e. The molecule has 6 nitrogen and oxygen atoms in total. The van der Waals surface area contributed by atoms with Crippen LogP contribution in [-0.4, -0.2) is 23.6 Å². The number of aromatic nitrogens is 1. The summed E-state index contributed by atoms with van der Waals surface area (Å²) in [6, 6.07) is 6.23. The highest BCUT2D eigenvalue weighted by Gasteiger charge is 2.01. The summed E-state index contributed by atoms with van der Waals surface area (Å²) < 4.78 is 9.80. The molecule has 0 spiro atoms. The van der Waals surface area contributed by atoms with Crippen molar-refractivity contribution >= 4 is 6.21 Å². The van der Waals surface area contributed by atoms with Crippen LogP contribution in [0.1, 0.15) is 11.3 Å².